The summed E-state index contributed by atoms with van der Waals surface area (Å²) in [4.78, 5) is 2.37. The third-order valence-electron chi connectivity index (χ3n) is 11.0. The Morgan fingerprint density at radius 1 is 0.315 bits per heavy atom. The maximum atomic E-state index is 6.66. The van der Waals surface area contributed by atoms with E-state index in [0.717, 1.165) is 39.0 Å². The highest BCUT2D eigenvalue weighted by atomic mass is 16.3. The van der Waals surface area contributed by atoms with Crippen LogP contribution in [0.4, 0.5) is 17.1 Å². The van der Waals surface area contributed by atoms with Gasteiger partial charge in [0.15, 0.2) is 5.58 Å². The van der Waals surface area contributed by atoms with Crippen molar-refractivity contribution in [2.75, 3.05) is 4.90 Å². The summed E-state index contributed by atoms with van der Waals surface area (Å²) in [6.45, 7) is 0. The Bertz CT molecular complexity index is 3220. The molecule has 11 rings (SSSR count). The molecule has 2 nitrogen and oxygen atoms in total. The first kappa shape index (κ1) is 30.5. The third-order valence-corrected chi connectivity index (χ3v) is 11.0. The number of hydrogen-bond donors (Lipinski definition) is 0. The van der Waals surface area contributed by atoms with Crippen LogP contribution in [0.5, 0.6) is 0 Å². The Balaban J connectivity index is 1.04. The zero-order chi connectivity index (χ0) is 35.6. The average Bonchev–Trinajstić information content (AvgIpc) is 3.63. The zero-order valence-electron chi connectivity index (χ0n) is 29.4. The molecule has 0 bridgehead atoms. The highest BCUT2D eigenvalue weighted by Crippen LogP contribution is 2.46. The van der Waals surface area contributed by atoms with Gasteiger partial charge in [0.25, 0.3) is 0 Å². The number of para-hydroxylation sites is 2. The standard InChI is InChI=1S/C52H33NO/c1-3-14-42-35(11-1)13-9-19-43(42)40-26-25-37-31-36(23-24-38(37)32-40)34-27-29-41(30-28-34)53(49-21-10-20-48-47-18-7-8-22-51(47)54-52(48)49)50-33-39-12-2-4-15-44(39)45-16-5-6-17-46(45)50/h1-33H. The predicted octanol–water partition coefficient (Wildman–Crippen LogP) is 15.0. The van der Waals surface area contributed by atoms with Gasteiger partial charge in [-0.2, -0.15) is 0 Å². The fourth-order valence-electron chi connectivity index (χ4n) is 8.41. The molecule has 1 aromatic heterocycles. The quantitative estimate of drug-likeness (QED) is 0.168. The van der Waals surface area contributed by atoms with Crippen molar-refractivity contribution in [1.82, 2.24) is 0 Å². The Morgan fingerprint density at radius 3 is 1.74 bits per heavy atom. The van der Waals surface area contributed by atoms with Gasteiger partial charge in [-0.25, -0.2) is 0 Å². The number of nitrogens with zero attached hydrogens (tertiary/aromatic N) is 1. The molecule has 0 amide bonds. The molecule has 54 heavy (non-hydrogen) atoms. The number of benzene rings is 10. The zero-order valence-corrected chi connectivity index (χ0v) is 29.4. The summed E-state index contributed by atoms with van der Waals surface area (Å²) in [5, 5.41) is 12.1. The molecular weight excluding hydrogens is 655 g/mol. The van der Waals surface area contributed by atoms with Crippen molar-refractivity contribution in [3.63, 3.8) is 0 Å². The fraction of sp³-hybridized carbons (Fsp3) is 0. The van der Waals surface area contributed by atoms with E-state index in [-0.39, 0.29) is 0 Å². The molecule has 0 saturated carbocycles. The average molecular weight is 688 g/mol. The molecule has 2 heteroatoms. The first-order valence-electron chi connectivity index (χ1n) is 18.5. The Hall–Kier alpha value is -7.16. The molecular formula is C52H33NO. The molecule has 0 aliphatic heterocycles. The second-order valence-electron chi connectivity index (χ2n) is 14.1. The Labute approximate surface area is 312 Å². The van der Waals surface area contributed by atoms with Crippen LogP contribution < -0.4 is 4.90 Å². The van der Waals surface area contributed by atoms with Gasteiger partial charge in [0.2, 0.25) is 0 Å². The minimum atomic E-state index is 0.873. The van der Waals surface area contributed by atoms with Crippen LogP contribution in [0.25, 0.3) is 87.3 Å². The van der Waals surface area contributed by atoms with Crippen LogP contribution in [-0.2, 0) is 0 Å². The largest absolute Gasteiger partial charge is 0.454 e. The molecule has 0 aliphatic carbocycles. The molecule has 0 atom stereocenters. The normalized spacial score (nSPS) is 11.7. The molecule has 0 fully saturated rings. The van der Waals surface area contributed by atoms with Crippen LogP contribution in [-0.4, -0.2) is 0 Å². The molecule has 0 radical (unpaired) electrons. The molecule has 0 N–H and O–H groups in total. The van der Waals surface area contributed by atoms with Gasteiger partial charge in [0, 0.05) is 21.8 Å². The van der Waals surface area contributed by atoms with Crippen molar-refractivity contribution >= 4 is 82.1 Å². The van der Waals surface area contributed by atoms with Gasteiger partial charge in [0.1, 0.15) is 5.58 Å². The molecule has 0 unspecified atom stereocenters. The first-order valence-corrected chi connectivity index (χ1v) is 18.5. The van der Waals surface area contributed by atoms with Crippen LogP contribution in [0.2, 0.25) is 0 Å². The van der Waals surface area contributed by atoms with Crippen LogP contribution in [0.1, 0.15) is 0 Å². The predicted molar refractivity (Wildman–Crippen MR) is 229 cm³/mol. The second kappa shape index (κ2) is 12.2. The molecule has 11 aromatic rings. The molecule has 1 heterocycles. The SMILES string of the molecule is c1ccc2c(-c3ccc4cc(-c5ccc(N(c6cc7ccccc7c7ccccc67)c6cccc7c6oc6ccccc67)cc5)ccc4c3)cccc2c1. The number of fused-ring (bicyclic) bond motifs is 8. The topological polar surface area (TPSA) is 16.4 Å². The van der Waals surface area contributed by atoms with Gasteiger partial charge in [-0.15, -0.1) is 0 Å². The summed E-state index contributed by atoms with van der Waals surface area (Å²) in [7, 11) is 0. The summed E-state index contributed by atoms with van der Waals surface area (Å²) in [6.07, 6.45) is 0. The number of hydrogen-bond acceptors (Lipinski definition) is 2. The van der Waals surface area contributed by atoms with Gasteiger partial charge < -0.3 is 9.32 Å². The lowest BCUT2D eigenvalue weighted by Crippen LogP contribution is -2.11. The number of furan rings is 1. The van der Waals surface area contributed by atoms with Gasteiger partial charge in [0.05, 0.1) is 11.4 Å². The second-order valence-corrected chi connectivity index (χ2v) is 14.1. The van der Waals surface area contributed by atoms with Crippen molar-refractivity contribution in [2.45, 2.75) is 0 Å². The Kier molecular flexibility index (Phi) is 6.90. The van der Waals surface area contributed by atoms with Crippen LogP contribution in [0.15, 0.2) is 205 Å². The van der Waals surface area contributed by atoms with Gasteiger partial charge in [-0.3, -0.25) is 0 Å². The maximum absolute atomic E-state index is 6.66. The van der Waals surface area contributed by atoms with Gasteiger partial charge in [-0.05, 0) is 102 Å². The first-order chi connectivity index (χ1) is 26.8. The van der Waals surface area contributed by atoms with Crippen LogP contribution >= 0.6 is 0 Å². The summed E-state index contributed by atoms with van der Waals surface area (Å²) < 4.78 is 6.66. The monoisotopic (exact) mass is 687 g/mol. The Morgan fingerprint density at radius 2 is 0.907 bits per heavy atom. The van der Waals surface area contributed by atoms with Crippen molar-refractivity contribution in [1.29, 1.82) is 0 Å². The van der Waals surface area contributed by atoms with E-state index in [1.807, 2.05) is 6.07 Å². The van der Waals surface area contributed by atoms with Crippen molar-refractivity contribution in [3.8, 4) is 22.3 Å². The van der Waals surface area contributed by atoms with Crippen LogP contribution in [0.3, 0.4) is 0 Å². The molecule has 252 valence electrons. The van der Waals surface area contributed by atoms with E-state index in [0.29, 0.717) is 0 Å². The minimum absolute atomic E-state index is 0.873. The van der Waals surface area contributed by atoms with E-state index in [9.17, 15) is 0 Å². The highest BCUT2D eigenvalue weighted by Gasteiger charge is 2.22. The molecule has 0 spiro atoms. The number of rotatable bonds is 5. The molecule has 10 aromatic carbocycles. The summed E-state index contributed by atoms with van der Waals surface area (Å²) >= 11 is 0. The summed E-state index contributed by atoms with van der Waals surface area (Å²) in [5.41, 5.74) is 9.79. The molecule has 0 aliphatic rings. The van der Waals surface area contributed by atoms with Crippen molar-refractivity contribution in [3.05, 3.63) is 200 Å². The lowest BCUT2D eigenvalue weighted by Gasteiger charge is -2.27. The van der Waals surface area contributed by atoms with Crippen LogP contribution in [0, 0.1) is 0 Å². The summed E-state index contributed by atoms with van der Waals surface area (Å²) in [5.74, 6) is 0. The van der Waals surface area contributed by atoms with E-state index in [4.69, 9.17) is 4.42 Å². The van der Waals surface area contributed by atoms with Gasteiger partial charge >= 0.3 is 0 Å². The highest BCUT2D eigenvalue weighted by molar-refractivity contribution is 6.17. The third kappa shape index (κ3) is 4.88. The van der Waals surface area contributed by atoms with E-state index >= 15 is 0 Å². The smallest absolute Gasteiger partial charge is 0.159 e. The van der Waals surface area contributed by atoms with E-state index in [2.05, 4.69) is 199 Å². The van der Waals surface area contributed by atoms with Gasteiger partial charge in [-0.1, -0.05) is 158 Å². The van der Waals surface area contributed by atoms with Crippen molar-refractivity contribution < 1.29 is 4.42 Å². The number of anilines is 3. The summed E-state index contributed by atoms with van der Waals surface area (Å²) in [6, 6.07) is 72.3. The lowest BCUT2D eigenvalue weighted by atomic mass is 9.95. The van der Waals surface area contributed by atoms with E-state index < -0.39 is 0 Å². The lowest BCUT2D eigenvalue weighted by molar-refractivity contribution is 0.669. The van der Waals surface area contributed by atoms with Crippen molar-refractivity contribution in [2.24, 2.45) is 0 Å². The van der Waals surface area contributed by atoms with E-state index in [1.165, 1.54) is 65.3 Å². The van der Waals surface area contributed by atoms with E-state index in [1.54, 1.807) is 0 Å². The maximum Gasteiger partial charge on any atom is 0.159 e. The fourth-order valence-corrected chi connectivity index (χ4v) is 8.41. The minimum Gasteiger partial charge on any atom is -0.454 e. The molecule has 0 saturated heterocycles.